The highest BCUT2D eigenvalue weighted by Crippen LogP contribution is 2.25. The van der Waals surface area contributed by atoms with Gasteiger partial charge >= 0.3 is 0 Å². The van der Waals surface area contributed by atoms with Crippen LogP contribution in [-0.4, -0.2) is 43.6 Å². The summed E-state index contributed by atoms with van der Waals surface area (Å²) in [5.41, 5.74) is 0. The maximum absolute atomic E-state index is 5.47. The van der Waals surface area contributed by atoms with Crippen LogP contribution in [0.1, 0.15) is 37.1 Å². The lowest BCUT2D eigenvalue weighted by Crippen LogP contribution is -2.39. The lowest BCUT2D eigenvalue weighted by Gasteiger charge is -2.28. The predicted octanol–water partition coefficient (Wildman–Crippen LogP) is 0.869. The van der Waals surface area contributed by atoms with Gasteiger partial charge in [0, 0.05) is 19.8 Å². The van der Waals surface area contributed by atoms with Crippen LogP contribution in [0.5, 0.6) is 0 Å². The zero-order chi connectivity index (χ0) is 12.3. The van der Waals surface area contributed by atoms with Crippen LogP contribution in [0, 0.1) is 0 Å². The second-order valence-electron chi connectivity index (χ2n) is 4.23. The molecule has 3 atom stereocenters. The number of aromatic nitrogens is 2. The average Bonchev–Trinajstić information content (AvgIpc) is 2.87. The summed E-state index contributed by atoms with van der Waals surface area (Å²) in [5, 5.41) is 7.20. The first-order valence-corrected chi connectivity index (χ1v) is 5.87. The van der Waals surface area contributed by atoms with Crippen molar-refractivity contribution in [2.45, 2.75) is 31.4 Å². The van der Waals surface area contributed by atoms with E-state index in [-0.39, 0.29) is 12.0 Å². The smallest absolute Gasteiger partial charge is 0.233 e. The van der Waals surface area contributed by atoms with E-state index in [0.29, 0.717) is 24.4 Å². The van der Waals surface area contributed by atoms with E-state index < -0.39 is 0 Å². The first kappa shape index (κ1) is 12.5. The van der Waals surface area contributed by atoms with Gasteiger partial charge in [0.1, 0.15) is 6.10 Å². The molecule has 1 aromatic heterocycles. The van der Waals surface area contributed by atoms with E-state index in [1.165, 1.54) is 0 Å². The first-order valence-electron chi connectivity index (χ1n) is 5.87. The molecule has 0 saturated carbocycles. The second kappa shape index (κ2) is 5.57. The molecule has 2 rings (SSSR count). The third-order valence-electron chi connectivity index (χ3n) is 3.22. The summed E-state index contributed by atoms with van der Waals surface area (Å²) in [4.78, 5) is 4.38. The van der Waals surface area contributed by atoms with Crippen LogP contribution in [0.3, 0.4) is 0 Å². The highest BCUT2D eigenvalue weighted by atomic mass is 16.5. The minimum Gasteiger partial charge on any atom is -0.381 e. The monoisotopic (exact) mass is 241 g/mol. The molecule has 0 radical (unpaired) electrons. The van der Waals surface area contributed by atoms with Crippen molar-refractivity contribution in [3.8, 4) is 0 Å². The Morgan fingerprint density at radius 1 is 1.53 bits per heavy atom. The van der Waals surface area contributed by atoms with Crippen molar-refractivity contribution in [3.63, 3.8) is 0 Å². The standard InChI is InChI=1S/C11H19N3O3/c1-7(15-3)10-13-11(17-14-10)8-6-16-5-4-9(8)12-2/h7-9,12H,4-6H2,1-3H3. The average molecular weight is 241 g/mol. The quantitative estimate of drug-likeness (QED) is 0.843. The minimum absolute atomic E-state index is 0.124. The summed E-state index contributed by atoms with van der Waals surface area (Å²) in [6.07, 6.45) is 0.809. The minimum atomic E-state index is -0.148. The van der Waals surface area contributed by atoms with Gasteiger partial charge in [-0.15, -0.1) is 0 Å². The van der Waals surface area contributed by atoms with Crippen LogP contribution >= 0.6 is 0 Å². The topological polar surface area (TPSA) is 69.4 Å². The number of nitrogens with one attached hydrogen (secondary N) is 1. The van der Waals surface area contributed by atoms with Crippen LogP contribution < -0.4 is 5.32 Å². The van der Waals surface area contributed by atoms with Gasteiger partial charge in [-0.2, -0.15) is 4.98 Å². The number of methoxy groups -OCH3 is 1. The van der Waals surface area contributed by atoms with Gasteiger partial charge < -0.3 is 19.3 Å². The summed E-state index contributed by atoms with van der Waals surface area (Å²) in [7, 11) is 3.57. The zero-order valence-electron chi connectivity index (χ0n) is 10.5. The third kappa shape index (κ3) is 2.65. The Hall–Kier alpha value is -0.980. The van der Waals surface area contributed by atoms with Gasteiger partial charge in [-0.25, -0.2) is 0 Å². The van der Waals surface area contributed by atoms with Crippen molar-refractivity contribution in [1.29, 1.82) is 0 Å². The first-order chi connectivity index (χ1) is 8.26. The van der Waals surface area contributed by atoms with E-state index in [4.69, 9.17) is 14.0 Å². The van der Waals surface area contributed by atoms with E-state index >= 15 is 0 Å². The van der Waals surface area contributed by atoms with Crippen molar-refractivity contribution < 1.29 is 14.0 Å². The number of rotatable bonds is 4. The van der Waals surface area contributed by atoms with E-state index in [1.54, 1.807) is 7.11 Å². The summed E-state index contributed by atoms with van der Waals surface area (Å²) in [6, 6.07) is 0.329. The van der Waals surface area contributed by atoms with Crippen molar-refractivity contribution in [2.75, 3.05) is 27.4 Å². The molecule has 6 nitrogen and oxygen atoms in total. The summed E-state index contributed by atoms with van der Waals surface area (Å²) >= 11 is 0. The largest absolute Gasteiger partial charge is 0.381 e. The van der Waals surface area contributed by atoms with Gasteiger partial charge in [0.2, 0.25) is 5.89 Å². The maximum Gasteiger partial charge on any atom is 0.233 e. The van der Waals surface area contributed by atoms with Crippen LogP contribution in [-0.2, 0) is 9.47 Å². The summed E-state index contributed by atoms with van der Waals surface area (Å²) in [6.45, 7) is 3.29. The lowest BCUT2D eigenvalue weighted by atomic mass is 9.96. The van der Waals surface area contributed by atoms with Gasteiger partial charge in [0.15, 0.2) is 5.82 Å². The molecular weight excluding hydrogens is 222 g/mol. The molecule has 1 aromatic rings. The van der Waals surface area contributed by atoms with Crippen molar-refractivity contribution in [2.24, 2.45) is 0 Å². The van der Waals surface area contributed by atoms with Crippen LogP contribution in [0.2, 0.25) is 0 Å². The number of hydrogen-bond acceptors (Lipinski definition) is 6. The molecule has 0 aliphatic carbocycles. The molecule has 0 bridgehead atoms. The van der Waals surface area contributed by atoms with Crippen LogP contribution in [0.4, 0.5) is 0 Å². The molecule has 6 heteroatoms. The Kier molecular flexibility index (Phi) is 4.09. The summed E-state index contributed by atoms with van der Waals surface area (Å²) < 4.78 is 15.9. The molecule has 1 aliphatic rings. The van der Waals surface area contributed by atoms with Crippen LogP contribution in [0.15, 0.2) is 4.52 Å². The van der Waals surface area contributed by atoms with E-state index in [1.807, 2.05) is 14.0 Å². The molecule has 1 N–H and O–H groups in total. The van der Waals surface area contributed by atoms with Crippen molar-refractivity contribution in [3.05, 3.63) is 11.7 Å². The Balaban J connectivity index is 2.12. The molecule has 2 heterocycles. The fourth-order valence-corrected chi connectivity index (χ4v) is 2.00. The number of nitrogens with zero attached hydrogens (tertiary/aromatic N) is 2. The molecular formula is C11H19N3O3. The van der Waals surface area contributed by atoms with Gasteiger partial charge in [0.05, 0.1) is 12.5 Å². The van der Waals surface area contributed by atoms with Gasteiger partial charge in [0.25, 0.3) is 0 Å². The molecule has 96 valence electrons. The molecule has 1 saturated heterocycles. The summed E-state index contributed by atoms with van der Waals surface area (Å²) in [5.74, 6) is 1.34. The molecule has 1 aliphatic heterocycles. The Labute approximate surface area is 101 Å². The molecule has 3 unspecified atom stereocenters. The van der Waals surface area contributed by atoms with Gasteiger partial charge in [-0.1, -0.05) is 5.16 Å². The molecule has 0 amide bonds. The van der Waals surface area contributed by atoms with E-state index in [0.717, 1.165) is 13.0 Å². The van der Waals surface area contributed by atoms with Gasteiger partial charge in [-0.3, -0.25) is 0 Å². The van der Waals surface area contributed by atoms with E-state index in [2.05, 4.69) is 15.5 Å². The van der Waals surface area contributed by atoms with Crippen LogP contribution in [0.25, 0.3) is 0 Å². The fourth-order valence-electron chi connectivity index (χ4n) is 2.00. The lowest BCUT2D eigenvalue weighted by molar-refractivity contribution is 0.0516. The molecule has 0 spiro atoms. The normalized spacial score (nSPS) is 27.0. The zero-order valence-corrected chi connectivity index (χ0v) is 10.5. The highest BCUT2D eigenvalue weighted by Gasteiger charge is 2.31. The fraction of sp³-hybridized carbons (Fsp3) is 0.818. The van der Waals surface area contributed by atoms with Crippen molar-refractivity contribution >= 4 is 0 Å². The molecule has 1 fully saturated rings. The molecule has 0 aromatic carbocycles. The Morgan fingerprint density at radius 3 is 3.06 bits per heavy atom. The van der Waals surface area contributed by atoms with Crippen molar-refractivity contribution in [1.82, 2.24) is 15.5 Å². The Bertz CT molecular complexity index is 355. The Morgan fingerprint density at radius 2 is 2.35 bits per heavy atom. The SMILES string of the molecule is CNC1CCOCC1c1nc(C(C)OC)no1. The predicted molar refractivity (Wildman–Crippen MR) is 60.7 cm³/mol. The van der Waals surface area contributed by atoms with Gasteiger partial charge in [-0.05, 0) is 20.4 Å². The highest BCUT2D eigenvalue weighted by molar-refractivity contribution is 5.02. The number of ether oxygens (including phenoxy) is 2. The number of likely N-dealkylation sites (N-methyl/N-ethyl adjacent to an activating group) is 1. The second-order valence-corrected chi connectivity index (χ2v) is 4.23. The maximum atomic E-state index is 5.47. The molecule has 17 heavy (non-hydrogen) atoms. The van der Waals surface area contributed by atoms with E-state index in [9.17, 15) is 0 Å². The third-order valence-corrected chi connectivity index (χ3v) is 3.22. The number of hydrogen-bond donors (Lipinski definition) is 1.